The Morgan fingerprint density at radius 1 is 1.29 bits per heavy atom. The molecule has 2 saturated heterocycles. The Hall–Kier alpha value is -1.53. The second-order valence-corrected chi connectivity index (χ2v) is 7.71. The van der Waals surface area contributed by atoms with Crippen molar-refractivity contribution in [1.29, 1.82) is 0 Å². The van der Waals surface area contributed by atoms with Crippen molar-refractivity contribution < 1.29 is 4.79 Å². The molecule has 1 aromatic heterocycles. The van der Waals surface area contributed by atoms with Crippen LogP contribution in [0.25, 0.3) is 10.9 Å². The van der Waals surface area contributed by atoms with Crippen molar-refractivity contribution in [3.8, 4) is 0 Å². The third kappa shape index (κ3) is 3.17. The number of aryl methyl sites for hydroxylation is 1. The Bertz CT molecular complexity index is 744. The van der Waals surface area contributed by atoms with E-state index in [4.69, 9.17) is 0 Å². The van der Waals surface area contributed by atoms with Gasteiger partial charge in [-0.15, -0.1) is 0 Å². The van der Waals surface area contributed by atoms with E-state index in [2.05, 4.69) is 55.9 Å². The first-order valence-electron chi connectivity index (χ1n) is 8.74. The van der Waals surface area contributed by atoms with Gasteiger partial charge in [0.2, 0.25) is 0 Å². The summed E-state index contributed by atoms with van der Waals surface area (Å²) in [7, 11) is 0. The standard InChI is InChI=1S/C18H23BrN4O/c19-13-2-4-17-16(9-13)12(11-22-17)1-3-14-10-15(5-6-20-14)23-8-7-21-18(23)24/h2,4,9,11,14-15,20,22H,1,3,5-8,10H2,(H,21,24). The molecular formula is C18H23BrN4O. The molecule has 2 aromatic rings. The lowest BCUT2D eigenvalue weighted by Gasteiger charge is -2.35. The van der Waals surface area contributed by atoms with Crippen LogP contribution in [-0.2, 0) is 6.42 Å². The molecule has 0 radical (unpaired) electrons. The third-order valence-electron chi connectivity index (χ3n) is 5.29. The molecule has 24 heavy (non-hydrogen) atoms. The van der Waals surface area contributed by atoms with Gasteiger partial charge >= 0.3 is 6.03 Å². The predicted molar refractivity (Wildman–Crippen MR) is 99.2 cm³/mol. The van der Waals surface area contributed by atoms with E-state index in [-0.39, 0.29) is 6.03 Å². The Labute approximate surface area is 150 Å². The van der Waals surface area contributed by atoms with E-state index in [1.807, 2.05) is 4.90 Å². The summed E-state index contributed by atoms with van der Waals surface area (Å²) in [5, 5.41) is 7.85. The highest BCUT2D eigenvalue weighted by molar-refractivity contribution is 9.10. The van der Waals surface area contributed by atoms with Gasteiger partial charge in [-0.25, -0.2) is 4.79 Å². The molecule has 0 bridgehead atoms. The number of benzene rings is 1. The number of piperidine rings is 1. The molecule has 3 N–H and O–H groups in total. The van der Waals surface area contributed by atoms with Gasteiger partial charge in [0, 0.05) is 46.7 Å². The number of nitrogens with zero attached hydrogens (tertiary/aromatic N) is 1. The Morgan fingerprint density at radius 2 is 2.21 bits per heavy atom. The summed E-state index contributed by atoms with van der Waals surface area (Å²) in [5.41, 5.74) is 2.56. The number of rotatable bonds is 4. The Morgan fingerprint density at radius 3 is 3.04 bits per heavy atom. The van der Waals surface area contributed by atoms with E-state index in [1.54, 1.807) is 0 Å². The highest BCUT2D eigenvalue weighted by atomic mass is 79.9. The number of carbonyl (C=O) groups excluding carboxylic acids is 1. The SMILES string of the molecule is O=C1NCCN1C1CCNC(CCc2c[nH]c3ccc(Br)cc23)C1. The average Bonchev–Trinajstić information content (AvgIpc) is 3.19. The molecular weight excluding hydrogens is 368 g/mol. The zero-order valence-electron chi connectivity index (χ0n) is 13.6. The first-order chi connectivity index (χ1) is 11.7. The number of amides is 2. The van der Waals surface area contributed by atoms with Crippen molar-refractivity contribution in [2.24, 2.45) is 0 Å². The van der Waals surface area contributed by atoms with Crippen LogP contribution in [0.1, 0.15) is 24.8 Å². The van der Waals surface area contributed by atoms with E-state index >= 15 is 0 Å². The summed E-state index contributed by atoms with van der Waals surface area (Å²) in [5.74, 6) is 0. The minimum Gasteiger partial charge on any atom is -0.361 e. The van der Waals surface area contributed by atoms with Crippen molar-refractivity contribution in [3.63, 3.8) is 0 Å². The minimum atomic E-state index is 0.113. The lowest BCUT2D eigenvalue weighted by atomic mass is 9.93. The van der Waals surface area contributed by atoms with Crippen LogP contribution < -0.4 is 10.6 Å². The second kappa shape index (κ2) is 6.76. The van der Waals surface area contributed by atoms with Crippen molar-refractivity contribution in [2.75, 3.05) is 19.6 Å². The fourth-order valence-corrected chi connectivity index (χ4v) is 4.37. The van der Waals surface area contributed by atoms with Crippen molar-refractivity contribution in [1.82, 2.24) is 20.5 Å². The number of urea groups is 1. The second-order valence-electron chi connectivity index (χ2n) is 6.80. The third-order valence-corrected chi connectivity index (χ3v) is 5.78. The molecule has 2 amide bonds. The van der Waals surface area contributed by atoms with Crippen LogP contribution in [0.4, 0.5) is 4.79 Å². The van der Waals surface area contributed by atoms with E-state index in [9.17, 15) is 4.79 Å². The van der Waals surface area contributed by atoms with Crippen LogP contribution in [0.2, 0.25) is 0 Å². The maximum Gasteiger partial charge on any atom is 0.317 e. The molecule has 1 aromatic carbocycles. The molecule has 6 heteroatoms. The van der Waals surface area contributed by atoms with Gasteiger partial charge in [-0.05, 0) is 56.0 Å². The number of aromatic nitrogens is 1. The molecule has 0 spiro atoms. The Balaban J connectivity index is 1.39. The van der Waals surface area contributed by atoms with Crippen LogP contribution in [0.3, 0.4) is 0 Å². The quantitative estimate of drug-likeness (QED) is 0.751. The monoisotopic (exact) mass is 390 g/mol. The molecule has 2 atom stereocenters. The number of aromatic amines is 1. The Kier molecular flexibility index (Phi) is 4.50. The number of hydrogen-bond donors (Lipinski definition) is 3. The molecule has 0 aliphatic carbocycles. The van der Waals surface area contributed by atoms with Gasteiger partial charge < -0.3 is 20.5 Å². The van der Waals surface area contributed by atoms with Crippen molar-refractivity contribution in [2.45, 2.75) is 37.8 Å². The lowest BCUT2D eigenvalue weighted by Crippen LogP contribution is -2.49. The number of nitrogens with one attached hydrogen (secondary N) is 3. The van der Waals surface area contributed by atoms with Gasteiger partial charge in [0.1, 0.15) is 0 Å². The average molecular weight is 391 g/mol. The summed E-state index contributed by atoms with van der Waals surface area (Å²) in [6.07, 6.45) is 6.40. The predicted octanol–water partition coefficient (Wildman–Crippen LogP) is 3.01. The maximum atomic E-state index is 11.9. The van der Waals surface area contributed by atoms with Crippen LogP contribution in [0.5, 0.6) is 0 Å². The first kappa shape index (κ1) is 16.0. The number of halogens is 1. The maximum absolute atomic E-state index is 11.9. The van der Waals surface area contributed by atoms with Crippen LogP contribution >= 0.6 is 15.9 Å². The zero-order valence-corrected chi connectivity index (χ0v) is 15.2. The molecule has 2 aliphatic heterocycles. The van der Waals surface area contributed by atoms with Crippen molar-refractivity contribution >= 4 is 32.9 Å². The van der Waals surface area contributed by atoms with E-state index in [0.717, 1.165) is 49.8 Å². The van der Waals surface area contributed by atoms with Gasteiger partial charge in [-0.3, -0.25) is 0 Å². The highest BCUT2D eigenvalue weighted by Crippen LogP contribution is 2.25. The normalized spacial score (nSPS) is 24.5. The fourth-order valence-electron chi connectivity index (χ4n) is 4.01. The van der Waals surface area contributed by atoms with Crippen LogP contribution in [0.15, 0.2) is 28.9 Å². The van der Waals surface area contributed by atoms with E-state index in [0.29, 0.717) is 12.1 Å². The van der Waals surface area contributed by atoms with Crippen LogP contribution in [0, 0.1) is 0 Å². The summed E-state index contributed by atoms with van der Waals surface area (Å²) >= 11 is 3.56. The number of H-pyrrole nitrogens is 1. The molecule has 2 unspecified atom stereocenters. The van der Waals surface area contributed by atoms with E-state index < -0.39 is 0 Å². The minimum absolute atomic E-state index is 0.113. The molecule has 4 rings (SSSR count). The largest absolute Gasteiger partial charge is 0.361 e. The smallest absolute Gasteiger partial charge is 0.317 e. The summed E-state index contributed by atoms with van der Waals surface area (Å²) < 4.78 is 1.12. The topological polar surface area (TPSA) is 60.2 Å². The molecule has 3 heterocycles. The highest BCUT2D eigenvalue weighted by Gasteiger charge is 2.31. The molecule has 5 nitrogen and oxygen atoms in total. The molecule has 128 valence electrons. The van der Waals surface area contributed by atoms with E-state index in [1.165, 1.54) is 16.5 Å². The summed E-state index contributed by atoms with van der Waals surface area (Å²) in [4.78, 5) is 17.3. The van der Waals surface area contributed by atoms with Gasteiger partial charge in [0.05, 0.1) is 0 Å². The fraction of sp³-hybridized carbons (Fsp3) is 0.500. The number of carbonyl (C=O) groups is 1. The first-order valence-corrected chi connectivity index (χ1v) is 9.53. The molecule has 2 fully saturated rings. The lowest BCUT2D eigenvalue weighted by molar-refractivity contribution is 0.169. The van der Waals surface area contributed by atoms with Gasteiger partial charge in [-0.2, -0.15) is 0 Å². The van der Waals surface area contributed by atoms with Crippen molar-refractivity contribution in [3.05, 3.63) is 34.4 Å². The van der Waals surface area contributed by atoms with Gasteiger partial charge in [-0.1, -0.05) is 15.9 Å². The number of hydrogen-bond acceptors (Lipinski definition) is 2. The van der Waals surface area contributed by atoms with Gasteiger partial charge in [0.25, 0.3) is 0 Å². The van der Waals surface area contributed by atoms with Gasteiger partial charge in [0.15, 0.2) is 0 Å². The zero-order chi connectivity index (χ0) is 16.5. The molecule has 0 saturated carbocycles. The number of fused-ring (bicyclic) bond motifs is 1. The summed E-state index contributed by atoms with van der Waals surface area (Å²) in [6.45, 7) is 2.64. The summed E-state index contributed by atoms with van der Waals surface area (Å²) in [6, 6.07) is 7.35. The molecule has 2 aliphatic rings. The van der Waals surface area contributed by atoms with Crippen LogP contribution in [-0.4, -0.2) is 47.6 Å².